The average molecular weight is 393 g/mol. The van der Waals surface area contributed by atoms with Gasteiger partial charge in [0.05, 0.1) is 12.5 Å². The van der Waals surface area contributed by atoms with Crippen LogP contribution in [0.15, 0.2) is 66.7 Å². The number of fused-ring (bicyclic) bond motifs is 1. The number of rotatable bonds is 6. The Hall–Kier alpha value is -2.36. The van der Waals surface area contributed by atoms with Crippen LogP contribution in [-0.2, 0) is 11.2 Å². The standard InChI is InChI=1S/C24H25ClN2O/c25-22-13-4-3-12-21(22)23(27-14-5-6-15-27)17-26-24(28)16-19-10-7-9-18-8-1-2-11-20(18)19/h1-4,7-13,23H,5-6,14-17H2,(H,26,28)/t23-/m1/s1. The van der Waals surface area contributed by atoms with Gasteiger partial charge in [-0.25, -0.2) is 0 Å². The quantitative estimate of drug-likeness (QED) is 0.641. The third kappa shape index (κ3) is 4.21. The zero-order valence-electron chi connectivity index (χ0n) is 15.9. The van der Waals surface area contributed by atoms with Gasteiger partial charge >= 0.3 is 0 Å². The van der Waals surface area contributed by atoms with Gasteiger partial charge in [-0.1, -0.05) is 72.3 Å². The van der Waals surface area contributed by atoms with E-state index in [1.165, 1.54) is 18.2 Å². The number of likely N-dealkylation sites (tertiary alicyclic amines) is 1. The molecular formula is C24H25ClN2O. The second-order valence-corrected chi connectivity index (χ2v) is 7.81. The lowest BCUT2D eigenvalue weighted by Crippen LogP contribution is -2.37. The maximum atomic E-state index is 12.7. The Kier molecular flexibility index (Phi) is 5.94. The van der Waals surface area contributed by atoms with Crippen LogP contribution in [0.5, 0.6) is 0 Å². The summed E-state index contributed by atoms with van der Waals surface area (Å²) in [6, 6.07) is 22.4. The molecule has 3 nitrogen and oxygen atoms in total. The van der Waals surface area contributed by atoms with E-state index in [1.807, 2.05) is 42.5 Å². The molecule has 144 valence electrons. The van der Waals surface area contributed by atoms with Crippen molar-refractivity contribution in [2.75, 3.05) is 19.6 Å². The van der Waals surface area contributed by atoms with Gasteiger partial charge in [-0.2, -0.15) is 0 Å². The molecule has 1 fully saturated rings. The molecule has 0 radical (unpaired) electrons. The number of amides is 1. The third-order valence-electron chi connectivity index (χ3n) is 5.57. The lowest BCUT2D eigenvalue weighted by atomic mass is 10.0. The van der Waals surface area contributed by atoms with Crippen molar-refractivity contribution in [3.05, 3.63) is 82.9 Å². The lowest BCUT2D eigenvalue weighted by molar-refractivity contribution is -0.120. The first kappa shape index (κ1) is 19.0. The fourth-order valence-electron chi connectivity index (χ4n) is 4.13. The molecule has 4 rings (SSSR count). The fourth-order valence-corrected chi connectivity index (χ4v) is 4.39. The van der Waals surface area contributed by atoms with Crippen molar-refractivity contribution in [3.63, 3.8) is 0 Å². The van der Waals surface area contributed by atoms with E-state index in [0.717, 1.165) is 34.6 Å². The smallest absolute Gasteiger partial charge is 0.224 e. The Morgan fingerprint density at radius 1 is 0.964 bits per heavy atom. The van der Waals surface area contributed by atoms with E-state index in [-0.39, 0.29) is 11.9 Å². The summed E-state index contributed by atoms with van der Waals surface area (Å²) in [5.74, 6) is 0.0487. The minimum Gasteiger partial charge on any atom is -0.354 e. The summed E-state index contributed by atoms with van der Waals surface area (Å²) in [5, 5.41) is 6.23. The summed E-state index contributed by atoms with van der Waals surface area (Å²) >= 11 is 6.47. The molecule has 3 aromatic carbocycles. The van der Waals surface area contributed by atoms with Crippen LogP contribution in [0.3, 0.4) is 0 Å². The van der Waals surface area contributed by atoms with E-state index in [0.29, 0.717) is 13.0 Å². The average Bonchev–Trinajstić information content (AvgIpc) is 3.24. The van der Waals surface area contributed by atoms with Crippen LogP contribution in [0, 0.1) is 0 Å². The number of carbonyl (C=O) groups is 1. The fraction of sp³-hybridized carbons (Fsp3) is 0.292. The first-order valence-corrected chi connectivity index (χ1v) is 10.3. The summed E-state index contributed by atoms with van der Waals surface area (Å²) in [4.78, 5) is 15.2. The molecule has 1 saturated heterocycles. The first-order chi connectivity index (χ1) is 13.7. The number of hydrogen-bond acceptors (Lipinski definition) is 2. The van der Waals surface area contributed by atoms with Gasteiger partial charge in [0.15, 0.2) is 0 Å². The molecular weight excluding hydrogens is 368 g/mol. The number of carbonyl (C=O) groups excluding carboxylic acids is 1. The molecule has 1 aliphatic heterocycles. The summed E-state index contributed by atoms with van der Waals surface area (Å²) in [7, 11) is 0. The molecule has 0 saturated carbocycles. The van der Waals surface area contributed by atoms with Gasteiger partial charge in [0.1, 0.15) is 0 Å². The molecule has 0 spiro atoms. The van der Waals surface area contributed by atoms with Crippen molar-refractivity contribution >= 4 is 28.3 Å². The molecule has 1 aliphatic rings. The van der Waals surface area contributed by atoms with Crippen LogP contribution in [-0.4, -0.2) is 30.4 Å². The normalized spacial score (nSPS) is 15.6. The monoisotopic (exact) mass is 392 g/mol. The van der Waals surface area contributed by atoms with Crippen LogP contribution in [0.25, 0.3) is 10.8 Å². The molecule has 0 unspecified atom stereocenters. The van der Waals surface area contributed by atoms with Gasteiger partial charge in [-0.05, 0) is 53.9 Å². The third-order valence-corrected chi connectivity index (χ3v) is 5.91. The highest BCUT2D eigenvalue weighted by atomic mass is 35.5. The lowest BCUT2D eigenvalue weighted by Gasteiger charge is -2.29. The minimum absolute atomic E-state index is 0.0487. The van der Waals surface area contributed by atoms with E-state index in [1.54, 1.807) is 0 Å². The summed E-state index contributed by atoms with van der Waals surface area (Å²) in [6.45, 7) is 2.68. The SMILES string of the molecule is O=C(Cc1cccc2ccccc12)NC[C@H](c1ccccc1Cl)N1CCCC1. The van der Waals surface area contributed by atoms with Crippen molar-refractivity contribution < 1.29 is 4.79 Å². The van der Waals surface area contributed by atoms with Gasteiger partial charge in [0.2, 0.25) is 5.91 Å². The van der Waals surface area contributed by atoms with Crippen LogP contribution < -0.4 is 5.32 Å². The Balaban J connectivity index is 1.47. The Labute approximate surface area is 171 Å². The van der Waals surface area contributed by atoms with Gasteiger partial charge in [-0.3, -0.25) is 9.69 Å². The van der Waals surface area contributed by atoms with Crippen molar-refractivity contribution in [2.45, 2.75) is 25.3 Å². The van der Waals surface area contributed by atoms with Gasteiger partial charge in [0.25, 0.3) is 0 Å². The molecule has 1 amide bonds. The minimum atomic E-state index is 0.0487. The van der Waals surface area contributed by atoms with Crippen molar-refractivity contribution in [2.24, 2.45) is 0 Å². The Bertz CT molecular complexity index is 960. The van der Waals surface area contributed by atoms with E-state index >= 15 is 0 Å². The predicted molar refractivity (Wildman–Crippen MR) is 116 cm³/mol. The predicted octanol–water partition coefficient (Wildman–Crippen LogP) is 4.99. The van der Waals surface area contributed by atoms with Crippen molar-refractivity contribution in [1.29, 1.82) is 0 Å². The van der Waals surface area contributed by atoms with Crippen molar-refractivity contribution in [1.82, 2.24) is 10.2 Å². The van der Waals surface area contributed by atoms with E-state index in [4.69, 9.17) is 11.6 Å². The number of nitrogens with one attached hydrogen (secondary N) is 1. The van der Waals surface area contributed by atoms with E-state index in [9.17, 15) is 4.79 Å². The summed E-state index contributed by atoms with van der Waals surface area (Å²) < 4.78 is 0. The molecule has 4 heteroatoms. The number of halogens is 1. The van der Waals surface area contributed by atoms with Crippen molar-refractivity contribution in [3.8, 4) is 0 Å². The van der Waals surface area contributed by atoms with Gasteiger partial charge in [0, 0.05) is 11.6 Å². The largest absolute Gasteiger partial charge is 0.354 e. The molecule has 28 heavy (non-hydrogen) atoms. The number of hydrogen-bond donors (Lipinski definition) is 1. The second-order valence-electron chi connectivity index (χ2n) is 7.40. The van der Waals surface area contributed by atoms with Crippen LogP contribution in [0.2, 0.25) is 5.02 Å². The van der Waals surface area contributed by atoms with Crippen LogP contribution in [0.1, 0.15) is 30.0 Å². The van der Waals surface area contributed by atoms with E-state index in [2.05, 4.69) is 34.5 Å². The molecule has 3 aromatic rings. The van der Waals surface area contributed by atoms with Crippen LogP contribution in [0.4, 0.5) is 0 Å². The molecule has 1 atom stereocenters. The molecule has 1 heterocycles. The van der Waals surface area contributed by atoms with Gasteiger partial charge < -0.3 is 5.32 Å². The molecule has 0 aliphatic carbocycles. The molecule has 1 N–H and O–H groups in total. The second kappa shape index (κ2) is 8.76. The Morgan fingerprint density at radius 3 is 2.50 bits per heavy atom. The number of benzene rings is 3. The van der Waals surface area contributed by atoms with Crippen LogP contribution >= 0.6 is 11.6 Å². The molecule has 0 bridgehead atoms. The summed E-state index contributed by atoms with van der Waals surface area (Å²) in [6.07, 6.45) is 2.78. The van der Waals surface area contributed by atoms with Gasteiger partial charge in [-0.15, -0.1) is 0 Å². The zero-order chi connectivity index (χ0) is 19.3. The Morgan fingerprint density at radius 2 is 1.68 bits per heavy atom. The highest BCUT2D eigenvalue weighted by Crippen LogP contribution is 2.29. The number of nitrogens with zero attached hydrogens (tertiary/aromatic N) is 1. The highest BCUT2D eigenvalue weighted by Gasteiger charge is 2.25. The maximum Gasteiger partial charge on any atom is 0.224 e. The zero-order valence-corrected chi connectivity index (χ0v) is 16.7. The first-order valence-electron chi connectivity index (χ1n) is 9.94. The maximum absolute atomic E-state index is 12.7. The van der Waals surface area contributed by atoms with E-state index < -0.39 is 0 Å². The topological polar surface area (TPSA) is 32.3 Å². The molecule has 0 aromatic heterocycles. The summed E-state index contributed by atoms with van der Waals surface area (Å²) in [5.41, 5.74) is 2.16. The highest BCUT2D eigenvalue weighted by molar-refractivity contribution is 6.31.